The van der Waals surface area contributed by atoms with Crippen molar-refractivity contribution in [2.24, 2.45) is 5.92 Å². The molecule has 2 amide bonds. The van der Waals surface area contributed by atoms with E-state index in [1.165, 1.54) is 0 Å². The van der Waals surface area contributed by atoms with Gasteiger partial charge in [-0.2, -0.15) is 0 Å². The zero-order chi connectivity index (χ0) is 26.5. The average molecular weight is 505 g/mol. The van der Waals surface area contributed by atoms with Gasteiger partial charge in [-0.15, -0.1) is 0 Å². The Kier molecular flexibility index (Phi) is 8.28. The fraction of sp³-hybridized carbons (Fsp3) is 0.414. The number of benzene rings is 2. The number of imidazole rings is 1. The number of nitrogens with zero attached hydrogens (tertiary/aromatic N) is 3. The zero-order valence-corrected chi connectivity index (χ0v) is 21.7. The van der Waals surface area contributed by atoms with Crippen molar-refractivity contribution in [3.05, 3.63) is 72.3 Å². The van der Waals surface area contributed by atoms with Gasteiger partial charge < -0.3 is 25.0 Å². The van der Waals surface area contributed by atoms with Crippen LogP contribution in [0.2, 0.25) is 0 Å². The van der Waals surface area contributed by atoms with Gasteiger partial charge in [0.2, 0.25) is 11.8 Å². The molecule has 0 aliphatic carbocycles. The lowest BCUT2D eigenvalue weighted by atomic mass is 9.99. The van der Waals surface area contributed by atoms with Gasteiger partial charge in [-0.25, -0.2) is 4.98 Å². The maximum absolute atomic E-state index is 13.6. The molecule has 1 aliphatic rings. The van der Waals surface area contributed by atoms with Crippen LogP contribution in [0, 0.1) is 12.8 Å². The van der Waals surface area contributed by atoms with Gasteiger partial charge in [0.1, 0.15) is 17.8 Å². The van der Waals surface area contributed by atoms with Crippen LogP contribution < -0.4 is 5.32 Å². The molecule has 3 aromatic rings. The Morgan fingerprint density at radius 2 is 1.86 bits per heavy atom. The molecule has 0 bridgehead atoms. The van der Waals surface area contributed by atoms with E-state index < -0.39 is 18.1 Å². The molecule has 1 aromatic heterocycles. The number of para-hydroxylation sites is 1. The molecule has 2 aromatic carbocycles. The Labute approximate surface area is 218 Å². The molecule has 0 radical (unpaired) electrons. The van der Waals surface area contributed by atoms with Gasteiger partial charge in [-0.1, -0.05) is 62.7 Å². The SMILES string of the molecule is CCC1C[C@@H](C(=O)N[C@@H](CO)c2ccc(-c3ccccc3O)cc2)N(C(=O)[C@H](CC)n2cnc(C)c2)C1. The second kappa shape index (κ2) is 11.6. The maximum atomic E-state index is 13.6. The van der Waals surface area contributed by atoms with Crippen LogP contribution in [-0.4, -0.2) is 55.7 Å². The van der Waals surface area contributed by atoms with Crippen LogP contribution in [0.4, 0.5) is 0 Å². The predicted octanol–water partition coefficient (Wildman–Crippen LogP) is 3.99. The molecule has 1 aliphatic heterocycles. The average Bonchev–Trinajstić information content (AvgIpc) is 3.54. The monoisotopic (exact) mass is 504 g/mol. The van der Waals surface area contributed by atoms with E-state index in [2.05, 4.69) is 17.2 Å². The maximum Gasteiger partial charge on any atom is 0.246 e. The van der Waals surface area contributed by atoms with E-state index in [-0.39, 0.29) is 30.1 Å². The van der Waals surface area contributed by atoms with Crippen molar-refractivity contribution >= 4 is 11.8 Å². The molecule has 37 heavy (non-hydrogen) atoms. The normalized spacial score (nSPS) is 19.0. The summed E-state index contributed by atoms with van der Waals surface area (Å²) >= 11 is 0. The Hall–Kier alpha value is -3.65. The van der Waals surface area contributed by atoms with Gasteiger partial charge in [0.25, 0.3) is 0 Å². The molecule has 1 saturated heterocycles. The molecule has 0 spiro atoms. The number of aliphatic hydroxyl groups is 1. The van der Waals surface area contributed by atoms with Gasteiger partial charge in [0.05, 0.1) is 24.7 Å². The highest BCUT2D eigenvalue weighted by molar-refractivity contribution is 5.90. The Morgan fingerprint density at radius 1 is 1.14 bits per heavy atom. The van der Waals surface area contributed by atoms with E-state index >= 15 is 0 Å². The molecule has 8 heteroatoms. The molecule has 0 saturated carbocycles. The first-order chi connectivity index (χ1) is 17.9. The Bertz CT molecular complexity index is 1220. The smallest absolute Gasteiger partial charge is 0.246 e. The lowest BCUT2D eigenvalue weighted by Crippen LogP contribution is -2.49. The fourth-order valence-corrected chi connectivity index (χ4v) is 5.14. The summed E-state index contributed by atoms with van der Waals surface area (Å²) in [6.45, 7) is 6.19. The second-order valence-corrected chi connectivity index (χ2v) is 9.79. The number of likely N-dealkylation sites (tertiary alicyclic amines) is 1. The molecular weight excluding hydrogens is 468 g/mol. The van der Waals surface area contributed by atoms with Crippen molar-refractivity contribution in [1.82, 2.24) is 19.8 Å². The number of nitrogens with one attached hydrogen (secondary N) is 1. The summed E-state index contributed by atoms with van der Waals surface area (Å²) in [4.78, 5) is 33.1. The van der Waals surface area contributed by atoms with Crippen LogP contribution in [0.5, 0.6) is 5.75 Å². The van der Waals surface area contributed by atoms with Gasteiger partial charge in [0.15, 0.2) is 0 Å². The van der Waals surface area contributed by atoms with E-state index in [1.807, 2.05) is 61.0 Å². The van der Waals surface area contributed by atoms with Gasteiger partial charge in [-0.05, 0) is 42.9 Å². The van der Waals surface area contributed by atoms with Crippen molar-refractivity contribution in [3.8, 4) is 16.9 Å². The molecule has 2 heterocycles. The van der Waals surface area contributed by atoms with Crippen molar-refractivity contribution in [2.75, 3.05) is 13.2 Å². The molecule has 4 atom stereocenters. The lowest BCUT2D eigenvalue weighted by Gasteiger charge is -2.29. The number of rotatable bonds is 9. The number of aryl methyl sites for hydroxylation is 1. The summed E-state index contributed by atoms with van der Waals surface area (Å²) in [6.07, 6.45) is 5.60. The highest BCUT2D eigenvalue weighted by atomic mass is 16.3. The fourth-order valence-electron chi connectivity index (χ4n) is 5.14. The van der Waals surface area contributed by atoms with E-state index in [0.717, 1.165) is 23.2 Å². The van der Waals surface area contributed by atoms with Crippen LogP contribution in [0.3, 0.4) is 0 Å². The molecule has 3 N–H and O–H groups in total. The number of amides is 2. The number of hydrogen-bond acceptors (Lipinski definition) is 5. The van der Waals surface area contributed by atoms with Gasteiger partial charge >= 0.3 is 0 Å². The van der Waals surface area contributed by atoms with Crippen LogP contribution in [0.1, 0.15) is 56.5 Å². The molecule has 196 valence electrons. The zero-order valence-electron chi connectivity index (χ0n) is 21.7. The van der Waals surface area contributed by atoms with Crippen LogP contribution >= 0.6 is 0 Å². The third kappa shape index (κ3) is 5.69. The quantitative estimate of drug-likeness (QED) is 0.408. The number of phenolic OH excluding ortho intramolecular Hbond substituents is 1. The van der Waals surface area contributed by atoms with Crippen molar-refractivity contribution in [3.63, 3.8) is 0 Å². The largest absolute Gasteiger partial charge is 0.507 e. The van der Waals surface area contributed by atoms with Crippen molar-refractivity contribution in [2.45, 2.75) is 58.2 Å². The molecular formula is C29H36N4O4. The minimum Gasteiger partial charge on any atom is -0.507 e. The van der Waals surface area contributed by atoms with E-state index in [9.17, 15) is 19.8 Å². The number of phenols is 1. The number of hydrogen-bond donors (Lipinski definition) is 3. The van der Waals surface area contributed by atoms with Crippen LogP contribution in [0.15, 0.2) is 61.1 Å². The first kappa shape index (κ1) is 26.4. The number of aliphatic hydroxyl groups excluding tert-OH is 1. The van der Waals surface area contributed by atoms with Crippen molar-refractivity contribution in [1.29, 1.82) is 0 Å². The minimum absolute atomic E-state index is 0.0800. The first-order valence-electron chi connectivity index (χ1n) is 13.0. The van der Waals surface area contributed by atoms with Gasteiger partial charge in [-0.3, -0.25) is 9.59 Å². The minimum atomic E-state index is -0.609. The topological polar surface area (TPSA) is 108 Å². The molecule has 1 unspecified atom stereocenters. The summed E-state index contributed by atoms with van der Waals surface area (Å²) in [7, 11) is 0. The third-order valence-corrected chi connectivity index (χ3v) is 7.34. The van der Waals surface area contributed by atoms with Crippen LogP contribution in [0.25, 0.3) is 11.1 Å². The number of aromatic nitrogens is 2. The number of carbonyl (C=O) groups is 2. The molecule has 8 nitrogen and oxygen atoms in total. The first-order valence-corrected chi connectivity index (χ1v) is 13.0. The van der Waals surface area contributed by atoms with Crippen LogP contribution in [-0.2, 0) is 9.59 Å². The summed E-state index contributed by atoms with van der Waals surface area (Å²) in [5.74, 6) is 0.0930. The Balaban J connectivity index is 1.51. The summed E-state index contributed by atoms with van der Waals surface area (Å²) < 4.78 is 1.83. The van der Waals surface area contributed by atoms with E-state index in [0.29, 0.717) is 24.9 Å². The summed E-state index contributed by atoms with van der Waals surface area (Å²) in [6, 6.07) is 12.9. The standard InChI is InChI=1S/C29H36N4O4/c1-4-20-14-26(33(16-20)29(37)25(5-2)32-15-19(3)30-18-32)28(36)31-24(17-34)22-12-10-21(11-13-22)23-8-6-7-9-27(23)35/h6-13,15,18,20,24-26,34-35H,4-5,14,16-17H2,1-3H3,(H,31,36)/t20?,24-,25-,26-/m0/s1. The molecule has 4 rings (SSSR count). The van der Waals surface area contributed by atoms with E-state index in [1.54, 1.807) is 23.4 Å². The predicted molar refractivity (Wildman–Crippen MR) is 142 cm³/mol. The van der Waals surface area contributed by atoms with E-state index in [4.69, 9.17) is 0 Å². The molecule has 1 fully saturated rings. The highest BCUT2D eigenvalue weighted by Crippen LogP contribution is 2.31. The Morgan fingerprint density at radius 3 is 2.46 bits per heavy atom. The second-order valence-electron chi connectivity index (χ2n) is 9.79. The highest BCUT2D eigenvalue weighted by Gasteiger charge is 2.41. The van der Waals surface area contributed by atoms with Crippen molar-refractivity contribution < 1.29 is 19.8 Å². The lowest BCUT2D eigenvalue weighted by molar-refractivity contribution is -0.141. The number of aromatic hydroxyl groups is 1. The summed E-state index contributed by atoms with van der Waals surface area (Å²) in [5, 5.41) is 23.2. The third-order valence-electron chi connectivity index (χ3n) is 7.34. The van der Waals surface area contributed by atoms with Gasteiger partial charge in [0, 0.05) is 18.3 Å². The number of carbonyl (C=O) groups excluding carboxylic acids is 2. The summed E-state index contributed by atoms with van der Waals surface area (Å²) in [5.41, 5.74) is 3.14.